The molecule has 0 unspecified atom stereocenters. The summed E-state index contributed by atoms with van der Waals surface area (Å²) in [4.78, 5) is 16.0. The van der Waals surface area contributed by atoms with Crippen LogP contribution in [-0.2, 0) is 0 Å². The van der Waals surface area contributed by atoms with Crippen molar-refractivity contribution in [3.63, 3.8) is 0 Å². The summed E-state index contributed by atoms with van der Waals surface area (Å²) < 4.78 is 11.1. The molecule has 0 radical (unpaired) electrons. The molecule has 0 atom stereocenters. The fourth-order valence-corrected chi connectivity index (χ4v) is 10.3. The number of benzene rings is 10. The van der Waals surface area contributed by atoms with E-state index in [-0.39, 0.29) is 0 Å². The molecule has 14 rings (SSSR count). The predicted octanol–water partition coefficient (Wildman–Crippen LogP) is 15.3. The molecule has 0 aliphatic rings. The Hall–Kier alpha value is -8.87. The topological polar surface area (TPSA) is 61.7 Å². The molecule has 4 aromatic heterocycles. The van der Waals surface area contributed by atoms with Crippen molar-refractivity contribution in [1.29, 1.82) is 0 Å². The maximum absolute atomic E-state index is 6.39. The Morgan fingerprint density at radius 2 is 0.846 bits per heavy atom. The van der Waals surface area contributed by atoms with Crippen LogP contribution in [0.15, 0.2) is 217 Å². The Kier molecular flexibility index (Phi) is 7.59. The summed E-state index contributed by atoms with van der Waals surface area (Å²) in [5.41, 5.74) is 11.1. The maximum Gasteiger partial charge on any atom is 0.238 e. The lowest BCUT2D eigenvalue weighted by atomic mass is 9.95. The van der Waals surface area contributed by atoms with Crippen molar-refractivity contribution in [3.8, 4) is 45.5 Å². The standard InChI is InChI=1S/C59H35N5O/c1-3-15-36(16-4-1)37-27-29-38(30-28-37)57-60-58(39-31-32-44-43-21-12-14-26-51(43)65-52(44)35-39)62-59(61-57)64-48-25-13-11-24-47(48)53-49(64)33-34-50-55(53)54-45-22-9-7-19-41(45)42-20-8-10-23-46(42)56(54)63(50)40-17-5-2-6-18-40/h1-35H. The SMILES string of the molecule is c1ccc(-c2ccc(-c3nc(-c4ccc5c(c4)oc4ccccc45)nc(-n4c5ccccc5c5c6c7c8ccccc8c8ccccc8c7n(-c7ccccc7)c6ccc54)n3)cc2)cc1. The Morgan fingerprint density at radius 1 is 0.308 bits per heavy atom. The van der Waals surface area contributed by atoms with E-state index >= 15 is 0 Å². The number of rotatable bonds is 5. The van der Waals surface area contributed by atoms with Crippen molar-refractivity contribution in [2.45, 2.75) is 0 Å². The lowest BCUT2D eigenvalue weighted by molar-refractivity contribution is 0.669. The maximum atomic E-state index is 6.39. The molecular weight excluding hydrogens is 795 g/mol. The highest BCUT2D eigenvalue weighted by Gasteiger charge is 2.25. The molecule has 0 saturated carbocycles. The summed E-state index contributed by atoms with van der Waals surface area (Å²) in [7, 11) is 0. The van der Waals surface area contributed by atoms with Crippen LogP contribution in [0.5, 0.6) is 0 Å². The lowest BCUT2D eigenvalue weighted by Gasteiger charge is -2.12. The molecule has 6 nitrogen and oxygen atoms in total. The van der Waals surface area contributed by atoms with Crippen molar-refractivity contribution >= 4 is 87.1 Å². The van der Waals surface area contributed by atoms with E-state index in [1.807, 2.05) is 24.3 Å². The molecular formula is C59H35N5O. The molecule has 0 amide bonds. The van der Waals surface area contributed by atoms with Gasteiger partial charge in [0.15, 0.2) is 11.6 Å². The van der Waals surface area contributed by atoms with E-state index in [1.54, 1.807) is 0 Å². The minimum Gasteiger partial charge on any atom is -0.456 e. The fourth-order valence-electron chi connectivity index (χ4n) is 10.3. The first-order chi connectivity index (χ1) is 32.2. The summed E-state index contributed by atoms with van der Waals surface area (Å²) in [6, 6.07) is 75.0. The van der Waals surface area contributed by atoms with Gasteiger partial charge >= 0.3 is 0 Å². The second kappa shape index (κ2) is 13.8. The van der Waals surface area contributed by atoms with Crippen molar-refractivity contribution in [2.24, 2.45) is 0 Å². The van der Waals surface area contributed by atoms with Gasteiger partial charge in [-0.2, -0.15) is 9.97 Å². The van der Waals surface area contributed by atoms with Gasteiger partial charge in [0.1, 0.15) is 11.2 Å². The van der Waals surface area contributed by atoms with Gasteiger partial charge in [0.2, 0.25) is 5.95 Å². The van der Waals surface area contributed by atoms with Crippen molar-refractivity contribution in [1.82, 2.24) is 24.1 Å². The zero-order valence-corrected chi connectivity index (χ0v) is 34.9. The van der Waals surface area contributed by atoms with Gasteiger partial charge in [-0.05, 0) is 75.8 Å². The van der Waals surface area contributed by atoms with Crippen LogP contribution in [0.25, 0.3) is 133 Å². The first-order valence-corrected chi connectivity index (χ1v) is 21.9. The number of nitrogens with zero attached hydrogens (tertiary/aromatic N) is 5. The Morgan fingerprint density at radius 3 is 1.62 bits per heavy atom. The van der Waals surface area contributed by atoms with E-state index in [0.717, 1.165) is 77.2 Å². The number of para-hydroxylation sites is 3. The molecule has 10 aromatic carbocycles. The average molecular weight is 830 g/mol. The quantitative estimate of drug-likeness (QED) is 0.162. The summed E-state index contributed by atoms with van der Waals surface area (Å²) >= 11 is 0. The Labute approximate surface area is 371 Å². The highest BCUT2D eigenvalue weighted by atomic mass is 16.3. The molecule has 4 heterocycles. The summed E-state index contributed by atoms with van der Waals surface area (Å²) in [5.74, 6) is 1.68. The average Bonchev–Trinajstić information content (AvgIpc) is 4.05. The van der Waals surface area contributed by atoms with Gasteiger partial charge in [0, 0.05) is 54.5 Å². The number of hydrogen-bond acceptors (Lipinski definition) is 4. The molecule has 0 fully saturated rings. The molecule has 14 aromatic rings. The van der Waals surface area contributed by atoms with E-state index in [4.69, 9.17) is 19.4 Å². The van der Waals surface area contributed by atoms with E-state index in [1.165, 1.54) is 37.8 Å². The number of furan rings is 1. The first-order valence-electron chi connectivity index (χ1n) is 21.9. The molecule has 6 heteroatoms. The van der Waals surface area contributed by atoms with Crippen LogP contribution in [0, 0.1) is 0 Å². The van der Waals surface area contributed by atoms with Crippen molar-refractivity contribution in [2.75, 3.05) is 0 Å². The van der Waals surface area contributed by atoms with Crippen LogP contribution in [0.4, 0.5) is 0 Å². The smallest absolute Gasteiger partial charge is 0.238 e. The zero-order chi connectivity index (χ0) is 42.6. The molecule has 0 saturated heterocycles. The van der Waals surface area contributed by atoms with Gasteiger partial charge in [-0.3, -0.25) is 4.57 Å². The highest BCUT2D eigenvalue weighted by molar-refractivity contribution is 6.38. The number of fused-ring (bicyclic) bond motifs is 15. The molecule has 302 valence electrons. The predicted molar refractivity (Wildman–Crippen MR) is 267 cm³/mol. The minimum atomic E-state index is 0.537. The number of hydrogen-bond donors (Lipinski definition) is 0. The first kappa shape index (κ1) is 35.7. The zero-order valence-electron chi connectivity index (χ0n) is 34.9. The molecule has 0 aliphatic heterocycles. The highest BCUT2D eigenvalue weighted by Crippen LogP contribution is 2.47. The van der Waals surface area contributed by atoms with Crippen LogP contribution in [-0.4, -0.2) is 24.1 Å². The van der Waals surface area contributed by atoms with Gasteiger partial charge in [-0.1, -0.05) is 164 Å². The summed E-state index contributed by atoms with van der Waals surface area (Å²) in [6.45, 7) is 0. The van der Waals surface area contributed by atoms with Crippen molar-refractivity contribution < 1.29 is 4.42 Å². The fraction of sp³-hybridized carbons (Fsp3) is 0. The third-order valence-corrected chi connectivity index (χ3v) is 13.2. The number of aromatic nitrogens is 5. The van der Waals surface area contributed by atoms with Crippen molar-refractivity contribution in [3.05, 3.63) is 212 Å². The van der Waals surface area contributed by atoms with Gasteiger partial charge in [-0.25, -0.2) is 4.98 Å². The third-order valence-electron chi connectivity index (χ3n) is 13.2. The largest absolute Gasteiger partial charge is 0.456 e. The second-order valence-corrected chi connectivity index (χ2v) is 16.7. The third kappa shape index (κ3) is 5.31. The van der Waals surface area contributed by atoms with E-state index in [0.29, 0.717) is 17.6 Å². The van der Waals surface area contributed by atoms with Crippen LogP contribution >= 0.6 is 0 Å². The van der Waals surface area contributed by atoms with Crippen LogP contribution in [0.3, 0.4) is 0 Å². The van der Waals surface area contributed by atoms with Gasteiger partial charge in [-0.15, -0.1) is 0 Å². The molecule has 65 heavy (non-hydrogen) atoms. The Balaban J connectivity index is 1.08. The van der Waals surface area contributed by atoms with E-state index < -0.39 is 0 Å². The van der Waals surface area contributed by atoms with Crippen LogP contribution in [0.2, 0.25) is 0 Å². The van der Waals surface area contributed by atoms with E-state index in [2.05, 4.69) is 197 Å². The molecule has 0 bridgehead atoms. The minimum absolute atomic E-state index is 0.537. The van der Waals surface area contributed by atoms with Crippen LogP contribution in [0.1, 0.15) is 0 Å². The Bertz CT molecular complexity index is 4220. The second-order valence-electron chi connectivity index (χ2n) is 16.7. The van der Waals surface area contributed by atoms with Gasteiger partial charge in [0.25, 0.3) is 0 Å². The normalized spacial score (nSPS) is 12.0. The van der Waals surface area contributed by atoms with Gasteiger partial charge in [0.05, 0.1) is 22.1 Å². The monoisotopic (exact) mass is 829 g/mol. The summed E-state index contributed by atoms with van der Waals surface area (Å²) in [5, 5.41) is 11.7. The lowest BCUT2D eigenvalue weighted by Crippen LogP contribution is -2.06. The molecule has 0 spiro atoms. The van der Waals surface area contributed by atoms with Crippen LogP contribution < -0.4 is 0 Å². The molecule has 0 N–H and O–H groups in total. The summed E-state index contributed by atoms with van der Waals surface area (Å²) in [6.07, 6.45) is 0. The van der Waals surface area contributed by atoms with E-state index in [9.17, 15) is 0 Å². The molecule has 0 aliphatic carbocycles. The van der Waals surface area contributed by atoms with Gasteiger partial charge < -0.3 is 8.98 Å².